The van der Waals surface area contributed by atoms with Crippen LogP contribution in [0.1, 0.15) is 12.0 Å². The summed E-state index contributed by atoms with van der Waals surface area (Å²) in [5, 5.41) is 3.29. The molecule has 1 N–H and O–H groups in total. The normalized spacial score (nSPS) is 13.5. The number of aromatic nitrogens is 1. The van der Waals surface area contributed by atoms with E-state index in [0.29, 0.717) is 6.54 Å². The monoisotopic (exact) mass is 375 g/mol. The number of ether oxygens (including phenoxy) is 1. The Hall–Kier alpha value is -2.08. The van der Waals surface area contributed by atoms with Gasteiger partial charge in [-0.2, -0.15) is 0 Å². The number of halogens is 1. The van der Waals surface area contributed by atoms with Crippen LogP contribution in [-0.4, -0.2) is 30.6 Å². The molecule has 1 aromatic carbocycles. The van der Waals surface area contributed by atoms with Gasteiger partial charge in [0.2, 0.25) is 0 Å². The van der Waals surface area contributed by atoms with Gasteiger partial charge in [-0.3, -0.25) is 4.79 Å². The van der Waals surface area contributed by atoms with Crippen molar-refractivity contribution < 1.29 is 9.53 Å². The average Bonchev–Trinajstić information content (AvgIpc) is 2.56. The highest BCUT2D eigenvalue weighted by Crippen LogP contribution is 2.31. The van der Waals surface area contributed by atoms with Gasteiger partial charge in [0.1, 0.15) is 11.6 Å². The van der Waals surface area contributed by atoms with Crippen LogP contribution in [0.2, 0.25) is 0 Å². The molecule has 2 heterocycles. The third kappa shape index (κ3) is 3.64. The van der Waals surface area contributed by atoms with Crippen molar-refractivity contribution in [3.63, 3.8) is 0 Å². The predicted octanol–water partition coefficient (Wildman–Crippen LogP) is 3.38. The summed E-state index contributed by atoms with van der Waals surface area (Å²) in [6, 6.07) is 9.64. The first kappa shape index (κ1) is 15.8. The number of hydrogen-bond acceptors (Lipinski definition) is 4. The maximum absolute atomic E-state index is 12.1. The minimum absolute atomic E-state index is 0.00121. The van der Waals surface area contributed by atoms with Crippen LogP contribution >= 0.6 is 15.9 Å². The molecule has 0 saturated heterocycles. The van der Waals surface area contributed by atoms with E-state index in [1.54, 1.807) is 11.1 Å². The molecule has 0 atom stereocenters. The summed E-state index contributed by atoms with van der Waals surface area (Å²) < 4.78 is 6.44. The first-order chi connectivity index (χ1) is 11.1. The van der Waals surface area contributed by atoms with Crippen molar-refractivity contribution in [3.8, 4) is 5.75 Å². The number of aryl methyl sites for hydroxylation is 1. The summed E-state index contributed by atoms with van der Waals surface area (Å²) in [5.41, 5.74) is 1.99. The van der Waals surface area contributed by atoms with E-state index in [9.17, 15) is 4.79 Å². The molecule has 0 spiro atoms. The van der Waals surface area contributed by atoms with Gasteiger partial charge in [0.15, 0.2) is 6.61 Å². The number of amides is 1. The summed E-state index contributed by atoms with van der Waals surface area (Å²) in [4.78, 5) is 18.2. The van der Waals surface area contributed by atoms with Crippen molar-refractivity contribution in [2.75, 3.05) is 29.9 Å². The molecule has 0 unspecified atom stereocenters. The van der Waals surface area contributed by atoms with Gasteiger partial charge in [0.25, 0.3) is 5.91 Å². The van der Waals surface area contributed by atoms with Crippen molar-refractivity contribution in [1.29, 1.82) is 0 Å². The summed E-state index contributed by atoms with van der Waals surface area (Å²) in [5.74, 6) is 1.62. The van der Waals surface area contributed by atoms with Crippen LogP contribution in [0.5, 0.6) is 5.75 Å². The first-order valence-corrected chi connectivity index (χ1v) is 8.32. The molecule has 0 bridgehead atoms. The number of nitrogens with one attached hydrogen (secondary N) is 1. The van der Waals surface area contributed by atoms with Crippen molar-refractivity contribution in [2.24, 2.45) is 0 Å². The first-order valence-electron chi connectivity index (χ1n) is 7.53. The number of rotatable bonds is 5. The quantitative estimate of drug-likeness (QED) is 0.813. The molecule has 1 aliphatic rings. The van der Waals surface area contributed by atoms with E-state index in [-0.39, 0.29) is 12.5 Å². The third-order valence-corrected chi connectivity index (χ3v) is 4.55. The molecule has 0 fully saturated rings. The van der Waals surface area contributed by atoms with Gasteiger partial charge in [-0.25, -0.2) is 4.98 Å². The summed E-state index contributed by atoms with van der Waals surface area (Å²) in [6.45, 7) is 3.54. The lowest BCUT2D eigenvalue weighted by Crippen LogP contribution is -2.39. The number of pyridine rings is 1. The van der Waals surface area contributed by atoms with E-state index >= 15 is 0 Å². The molecule has 1 aromatic heterocycles. The Morgan fingerprint density at radius 2 is 2.22 bits per heavy atom. The van der Waals surface area contributed by atoms with Crippen LogP contribution in [-0.2, 0) is 4.79 Å². The van der Waals surface area contributed by atoms with Gasteiger partial charge in [-0.15, -0.1) is 0 Å². The smallest absolute Gasteiger partial charge is 0.265 e. The van der Waals surface area contributed by atoms with Gasteiger partial charge in [-0.05, 0) is 53.0 Å². The minimum atomic E-state index is 0.00121. The fraction of sp³-hybridized carbons (Fsp3) is 0.294. The second kappa shape index (κ2) is 7.00. The van der Waals surface area contributed by atoms with Gasteiger partial charge in [0, 0.05) is 23.8 Å². The van der Waals surface area contributed by atoms with E-state index in [4.69, 9.17) is 4.74 Å². The van der Waals surface area contributed by atoms with Crippen LogP contribution in [0.25, 0.3) is 0 Å². The Kier molecular flexibility index (Phi) is 4.81. The fourth-order valence-electron chi connectivity index (χ4n) is 2.49. The molecule has 1 amide bonds. The molecule has 3 rings (SSSR count). The number of carbonyl (C=O) groups excluding carboxylic acids is 1. The molecular formula is C17H18BrN3O2. The zero-order chi connectivity index (χ0) is 16.2. The maximum atomic E-state index is 12.1. The number of para-hydroxylation sites is 2. The highest BCUT2D eigenvalue weighted by molar-refractivity contribution is 9.10. The number of anilines is 2. The maximum Gasteiger partial charge on any atom is 0.265 e. The highest BCUT2D eigenvalue weighted by Gasteiger charge is 2.24. The topological polar surface area (TPSA) is 54.5 Å². The molecule has 1 aliphatic heterocycles. The van der Waals surface area contributed by atoms with E-state index in [1.807, 2.05) is 37.3 Å². The number of carbonyl (C=O) groups is 1. The summed E-state index contributed by atoms with van der Waals surface area (Å²) in [7, 11) is 0. The highest BCUT2D eigenvalue weighted by atomic mass is 79.9. The van der Waals surface area contributed by atoms with E-state index in [2.05, 4.69) is 26.2 Å². The van der Waals surface area contributed by atoms with Crippen LogP contribution in [0.4, 0.5) is 11.5 Å². The van der Waals surface area contributed by atoms with Gasteiger partial charge < -0.3 is 15.0 Å². The second-order valence-corrected chi connectivity index (χ2v) is 6.26. The zero-order valence-corrected chi connectivity index (χ0v) is 14.5. The molecule has 120 valence electrons. The zero-order valence-electron chi connectivity index (χ0n) is 12.9. The SMILES string of the molecule is Cc1cc(NCCCN2C(=O)COc3ccccc32)ncc1Br. The molecule has 6 heteroatoms. The molecule has 0 saturated carbocycles. The Balaban J connectivity index is 1.56. The van der Waals surface area contributed by atoms with Crippen LogP contribution < -0.4 is 15.0 Å². The van der Waals surface area contributed by atoms with E-state index in [0.717, 1.165) is 40.3 Å². The molecule has 0 aliphatic carbocycles. The average molecular weight is 376 g/mol. The standard InChI is InChI=1S/C17H18BrN3O2/c1-12-9-16(20-10-13(12)18)19-7-4-8-21-14-5-2-3-6-15(14)23-11-17(21)22/h2-3,5-6,9-10H,4,7-8,11H2,1H3,(H,19,20). The van der Waals surface area contributed by atoms with Crippen molar-refractivity contribution >= 4 is 33.3 Å². The Bertz CT molecular complexity index is 721. The van der Waals surface area contributed by atoms with Crippen molar-refractivity contribution in [1.82, 2.24) is 4.98 Å². The van der Waals surface area contributed by atoms with Crippen LogP contribution in [0.3, 0.4) is 0 Å². The number of nitrogens with zero attached hydrogens (tertiary/aromatic N) is 2. The Morgan fingerprint density at radius 1 is 1.39 bits per heavy atom. The predicted molar refractivity (Wildman–Crippen MR) is 94.1 cm³/mol. The minimum Gasteiger partial charge on any atom is -0.482 e. The Morgan fingerprint density at radius 3 is 3.04 bits per heavy atom. The number of fused-ring (bicyclic) bond motifs is 1. The second-order valence-electron chi connectivity index (χ2n) is 5.40. The van der Waals surface area contributed by atoms with E-state index in [1.165, 1.54) is 0 Å². The lowest BCUT2D eigenvalue weighted by Gasteiger charge is -2.29. The van der Waals surface area contributed by atoms with Gasteiger partial charge >= 0.3 is 0 Å². The van der Waals surface area contributed by atoms with Gasteiger partial charge in [0.05, 0.1) is 5.69 Å². The molecule has 2 aromatic rings. The van der Waals surface area contributed by atoms with Crippen LogP contribution in [0, 0.1) is 6.92 Å². The lowest BCUT2D eigenvalue weighted by molar-refractivity contribution is -0.121. The van der Waals surface area contributed by atoms with Crippen molar-refractivity contribution in [3.05, 3.63) is 46.6 Å². The molecule has 5 nitrogen and oxygen atoms in total. The fourth-order valence-corrected chi connectivity index (χ4v) is 2.71. The van der Waals surface area contributed by atoms with Crippen LogP contribution in [0.15, 0.2) is 41.0 Å². The lowest BCUT2D eigenvalue weighted by atomic mass is 10.2. The van der Waals surface area contributed by atoms with E-state index < -0.39 is 0 Å². The number of hydrogen-bond donors (Lipinski definition) is 1. The van der Waals surface area contributed by atoms with Crippen molar-refractivity contribution in [2.45, 2.75) is 13.3 Å². The molecule has 23 heavy (non-hydrogen) atoms. The number of benzene rings is 1. The summed E-state index contributed by atoms with van der Waals surface area (Å²) >= 11 is 3.44. The third-order valence-electron chi connectivity index (χ3n) is 3.72. The van der Waals surface area contributed by atoms with Gasteiger partial charge in [-0.1, -0.05) is 12.1 Å². The Labute approximate surface area is 143 Å². The molecule has 0 radical (unpaired) electrons. The largest absolute Gasteiger partial charge is 0.482 e. The molecular weight excluding hydrogens is 358 g/mol. The summed E-state index contributed by atoms with van der Waals surface area (Å²) in [6.07, 6.45) is 2.62.